The monoisotopic (exact) mass is 672 g/mol. The molecule has 0 amide bonds. The molecular weight excluding hydrogens is 625 g/mol. The lowest BCUT2D eigenvalue weighted by molar-refractivity contribution is 0.482. The van der Waals surface area contributed by atoms with Crippen molar-refractivity contribution in [1.82, 2.24) is 19.3 Å². The standard InChI is InChI=1S/C46H48N4O/c1-9-10-16-34-21-22-47-44(24-34)49-41-18-12-11-17-39(41)40-20-19-37(28-42(40)49)51-38-26-35(30(4)5)25-36(27-38)50-43(23-29(2)3)46(33(8)48-50)45-31(6)14-13-15-32(45)7/h11-15,17-22,24-29H,4,9-10,16,23H2,1-3,5-8H3. The van der Waals surface area contributed by atoms with Gasteiger partial charge in [0.25, 0.3) is 0 Å². The summed E-state index contributed by atoms with van der Waals surface area (Å²) in [7, 11) is 0. The summed E-state index contributed by atoms with van der Waals surface area (Å²) in [6.07, 6.45) is 6.19. The number of pyridine rings is 1. The number of aryl methyl sites for hydroxylation is 4. The molecule has 3 heterocycles. The van der Waals surface area contributed by atoms with E-state index in [-0.39, 0.29) is 0 Å². The van der Waals surface area contributed by atoms with Gasteiger partial charge in [0.2, 0.25) is 0 Å². The Labute approximate surface area is 302 Å². The van der Waals surface area contributed by atoms with E-state index in [0.29, 0.717) is 5.92 Å². The lowest BCUT2D eigenvalue weighted by atomic mass is 9.91. The molecule has 0 N–H and O–H groups in total. The minimum Gasteiger partial charge on any atom is -0.457 e. The molecule has 7 rings (SSSR count). The zero-order valence-corrected chi connectivity index (χ0v) is 31.0. The summed E-state index contributed by atoms with van der Waals surface area (Å²) in [5.74, 6) is 2.87. The zero-order chi connectivity index (χ0) is 35.8. The van der Waals surface area contributed by atoms with E-state index in [9.17, 15) is 0 Å². The predicted octanol–water partition coefficient (Wildman–Crippen LogP) is 12.3. The molecule has 0 aliphatic rings. The van der Waals surface area contributed by atoms with Crippen molar-refractivity contribution < 1.29 is 4.74 Å². The maximum absolute atomic E-state index is 6.77. The maximum Gasteiger partial charge on any atom is 0.137 e. The number of aromatic nitrogens is 4. The average molecular weight is 673 g/mol. The van der Waals surface area contributed by atoms with Gasteiger partial charge in [0.15, 0.2) is 0 Å². The first kappa shape index (κ1) is 34.0. The molecule has 51 heavy (non-hydrogen) atoms. The Morgan fingerprint density at radius 1 is 0.804 bits per heavy atom. The van der Waals surface area contributed by atoms with E-state index in [4.69, 9.17) is 14.8 Å². The summed E-state index contributed by atoms with van der Waals surface area (Å²) in [6, 6.07) is 32.2. The fourth-order valence-corrected chi connectivity index (χ4v) is 7.42. The summed E-state index contributed by atoms with van der Waals surface area (Å²) >= 11 is 0. The Morgan fingerprint density at radius 3 is 2.31 bits per heavy atom. The number of benzene rings is 4. The second kappa shape index (κ2) is 14.1. The summed E-state index contributed by atoms with van der Waals surface area (Å²) in [4.78, 5) is 4.85. The largest absolute Gasteiger partial charge is 0.457 e. The van der Waals surface area contributed by atoms with E-state index in [0.717, 1.165) is 76.6 Å². The number of allylic oxidation sites excluding steroid dienone is 1. The predicted molar refractivity (Wildman–Crippen MR) is 214 cm³/mol. The fraction of sp³-hybridized carbons (Fsp3) is 0.261. The highest BCUT2D eigenvalue weighted by atomic mass is 16.5. The first-order valence-electron chi connectivity index (χ1n) is 18.3. The second-order valence-corrected chi connectivity index (χ2v) is 14.4. The fourth-order valence-electron chi connectivity index (χ4n) is 7.42. The first-order valence-corrected chi connectivity index (χ1v) is 18.3. The number of fused-ring (bicyclic) bond motifs is 3. The third-order valence-electron chi connectivity index (χ3n) is 9.86. The highest BCUT2D eigenvalue weighted by Gasteiger charge is 2.22. The van der Waals surface area contributed by atoms with Crippen molar-refractivity contribution in [3.05, 3.63) is 137 Å². The number of hydrogen-bond acceptors (Lipinski definition) is 3. The van der Waals surface area contributed by atoms with Crippen molar-refractivity contribution in [2.24, 2.45) is 5.92 Å². The first-order chi connectivity index (χ1) is 24.6. The van der Waals surface area contributed by atoms with Gasteiger partial charge in [-0.3, -0.25) is 4.57 Å². The minimum atomic E-state index is 0.447. The molecule has 0 saturated heterocycles. The number of ether oxygens (including phenoxy) is 1. The van der Waals surface area contributed by atoms with E-state index < -0.39 is 0 Å². The van der Waals surface area contributed by atoms with E-state index in [1.165, 1.54) is 44.3 Å². The third-order valence-corrected chi connectivity index (χ3v) is 9.86. The number of unbranched alkanes of at least 4 members (excludes halogenated alkanes) is 1. The van der Waals surface area contributed by atoms with Crippen LogP contribution in [0.2, 0.25) is 0 Å². The number of para-hydroxylation sites is 1. The van der Waals surface area contributed by atoms with Gasteiger partial charge < -0.3 is 4.74 Å². The van der Waals surface area contributed by atoms with Crippen molar-refractivity contribution in [1.29, 1.82) is 0 Å². The molecule has 0 unspecified atom stereocenters. The van der Waals surface area contributed by atoms with E-state index in [1.807, 2.05) is 13.1 Å². The van der Waals surface area contributed by atoms with Gasteiger partial charge in [0.05, 0.1) is 28.1 Å². The quantitative estimate of drug-likeness (QED) is 0.137. The Kier molecular flexibility index (Phi) is 9.39. The van der Waals surface area contributed by atoms with Crippen LogP contribution < -0.4 is 4.74 Å². The number of rotatable bonds is 11. The minimum absolute atomic E-state index is 0.447. The second-order valence-electron chi connectivity index (χ2n) is 14.4. The molecule has 4 aromatic carbocycles. The SMILES string of the molecule is C=C(C)c1cc(Oc2ccc3c4ccccc4n(-c4cc(CCCC)ccn4)c3c2)cc(-n2nc(C)c(-c3c(C)cccc3C)c2CC(C)C)c1. The molecule has 0 aliphatic carbocycles. The molecule has 0 spiro atoms. The molecule has 5 heteroatoms. The van der Waals surface area contributed by atoms with Gasteiger partial charge in [-0.1, -0.05) is 75.7 Å². The smallest absolute Gasteiger partial charge is 0.137 e. The van der Waals surface area contributed by atoms with Crippen molar-refractivity contribution in [3.8, 4) is 34.1 Å². The summed E-state index contributed by atoms with van der Waals surface area (Å²) in [6.45, 7) is 19.6. The molecule has 0 bridgehead atoms. The highest BCUT2D eigenvalue weighted by molar-refractivity contribution is 6.09. The Hall–Kier alpha value is -5.42. The van der Waals surface area contributed by atoms with Crippen LogP contribution in [0, 0.1) is 26.7 Å². The Bertz CT molecular complexity index is 2390. The lowest BCUT2D eigenvalue weighted by Crippen LogP contribution is -2.07. The van der Waals surface area contributed by atoms with Gasteiger partial charge in [-0.25, -0.2) is 9.67 Å². The van der Waals surface area contributed by atoms with Crippen LogP contribution in [0.1, 0.15) is 74.2 Å². The average Bonchev–Trinajstić information content (AvgIpc) is 3.60. The van der Waals surface area contributed by atoms with Gasteiger partial charge in [0.1, 0.15) is 17.3 Å². The number of nitrogens with zero attached hydrogens (tertiary/aromatic N) is 4. The van der Waals surface area contributed by atoms with Crippen LogP contribution >= 0.6 is 0 Å². The van der Waals surface area contributed by atoms with Crippen LogP contribution in [0.15, 0.2) is 104 Å². The van der Waals surface area contributed by atoms with Crippen LogP contribution in [0.5, 0.6) is 11.5 Å². The van der Waals surface area contributed by atoms with Crippen molar-refractivity contribution in [2.45, 2.75) is 74.1 Å². The van der Waals surface area contributed by atoms with Gasteiger partial charge in [-0.15, -0.1) is 0 Å². The highest BCUT2D eigenvalue weighted by Crippen LogP contribution is 2.38. The molecule has 0 aliphatic heterocycles. The molecule has 0 fully saturated rings. The van der Waals surface area contributed by atoms with Crippen LogP contribution in [0.4, 0.5) is 0 Å². The molecule has 0 atom stereocenters. The molecule has 0 saturated carbocycles. The molecule has 3 aromatic heterocycles. The van der Waals surface area contributed by atoms with Gasteiger partial charge in [-0.05, 0) is 123 Å². The zero-order valence-electron chi connectivity index (χ0n) is 31.0. The Morgan fingerprint density at radius 2 is 1.57 bits per heavy atom. The van der Waals surface area contributed by atoms with Crippen LogP contribution in [0.3, 0.4) is 0 Å². The van der Waals surface area contributed by atoms with Crippen LogP contribution in [-0.4, -0.2) is 19.3 Å². The normalized spacial score (nSPS) is 11.6. The molecular formula is C46H48N4O. The molecule has 5 nitrogen and oxygen atoms in total. The maximum atomic E-state index is 6.77. The van der Waals surface area contributed by atoms with E-state index in [1.54, 1.807) is 0 Å². The molecule has 7 aromatic rings. The lowest BCUT2D eigenvalue weighted by Gasteiger charge is -2.17. The third kappa shape index (κ3) is 6.61. The van der Waals surface area contributed by atoms with E-state index in [2.05, 4.69) is 148 Å². The van der Waals surface area contributed by atoms with Crippen molar-refractivity contribution >= 4 is 27.4 Å². The van der Waals surface area contributed by atoms with Crippen molar-refractivity contribution in [2.75, 3.05) is 0 Å². The van der Waals surface area contributed by atoms with Crippen LogP contribution in [-0.2, 0) is 12.8 Å². The Balaban J connectivity index is 1.35. The van der Waals surface area contributed by atoms with Gasteiger partial charge in [-0.2, -0.15) is 5.10 Å². The molecule has 0 radical (unpaired) electrons. The summed E-state index contributed by atoms with van der Waals surface area (Å²) in [5, 5.41) is 7.56. The number of hydrogen-bond donors (Lipinski definition) is 0. The summed E-state index contributed by atoms with van der Waals surface area (Å²) in [5.41, 5.74) is 13.7. The van der Waals surface area contributed by atoms with E-state index >= 15 is 0 Å². The summed E-state index contributed by atoms with van der Waals surface area (Å²) < 4.78 is 11.2. The molecule has 258 valence electrons. The van der Waals surface area contributed by atoms with Gasteiger partial charge in [0, 0.05) is 34.7 Å². The van der Waals surface area contributed by atoms with Crippen molar-refractivity contribution in [3.63, 3.8) is 0 Å². The van der Waals surface area contributed by atoms with Crippen LogP contribution in [0.25, 0.3) is 50.0 Å². The van der Waals surface area contributed by atoms with Gasteiger partial charge >= 0.3 is 0 Å². The topological polar surface area (TPSA) is 44.9 Å².